The molecule has 1 aliphatic rings. The van der Waals surface area contributed by atoms with Crippen LogP contribution in [-0.2, 0) is 12.1 Å². The molecule has 1 atom stereocenters. The van der Waals surface area contributed by atoms with Crippen LogP contribution in [0.25, 0.3) is 0 Å². The molecule has 0 saturated heterocycles. The highest BCUT2D eigenvalue weighted by atomic mass is 19.2. The first-order chi connectivity index (χ1) is 13.7. The summed E-state index contributed by atoms with van der Waals surface area (Å²) in [6, 6.07) is 3.42. The molecule has 1 heterocycles. The summed E-state index contributed by atoms with van der Waals surface area (Å²) in [6.45, 7) is -0.389. The molecule has 1 N–H and O–H groups in total. The molecule has 5 nitrogen and oxygen atoms in total. The first-order valence-electron chi connectivity index (χ1n) is 8.58. The number of halogens is 5. The van der Waals surface area contributed by atoms with Gasteiger partial charge in [-0.25, -0.2) is 31.6 Å². The summed E-state index contributed by atoms with van der Waals surface area (Å²) in [6.07, 6.45) is 2.64. The van der Waals surface area contributed by atoms with Crippen molar-refractivity contribution in [2.45, 2.75) is 30.6 Å². The van der Waals surface area contributed by atoms with E-state index in [-0.39, 0.29) is 24.9 Å². The molecule has 0 bridgehead atoms. The van der Waals surface area contributed by atoms with E-state index in [2.05, 4.69) is 10.1 Å². The van der Waals surface area contributed by atoms with E-state index in [0.29, 0.717) is 18.2 Å². The Balaban J connectivity index is 1.81. The first-order valence-corrected chi connectivity index (χ1v) is 8.58. The Kier molecular flexibility index (Phi) is 4.53. The van der Waals surface area contributed by atoms with Crippen molar-refractivity contribution >= 4 is 0 Å². The van der Waals surface area contributed by atoms with Gasteiger partial charge in [0.15, 0.2) is 23.0 Å². The number of hydrogen-bond donors (Lipinski definition) is 1. The average Bonchev–Trinajstić information content (AvgIpc) is 3.27. The molecule has 10 heteroatoms. The lowest BCUT2D eigenvalue weighted by molar-refractivity contribution is -0.102. The molecule has 1 fully saturated rings. The zero-order valence-electron chi connectivity index (χ0n) is 14.7. The van der Waals surface area contributed by atoms with Gasteiger partial charge in [0.25, 0.3) is 0 Å². The van der Waals surface area contributed by atoms with Crippen molar-refractivity contribution in [1.82, 2.24) is 14.8 Å². The van der Waals surface area contributed by atoms with Crippen molar-refractivity contribution in [2.24, 2.45) is 0 Å². The van der Waals surface area contributed by atoms with E-state index in [4.69, 9.17) is 4.74 Å². The number of hydrogen-bond acceptors (Lipinski definition) is 4. The van der Waals surface area contributed by atoms with Crippen molar-refractivity contribution in [3.05, 3.63) is 77.6 Å². The van der Waals surface area contributed by atoms with Gasteiger partial charge in [-0.15, -0.1) is 0 Å². The molecule has 1 aliphatic carbocycles. The van der Waals surface area contributed by atoms with Gasteiger partial charge < -0.3 is 9.84 Å². The molecule has 29 heavy (non-hydrogen) atoms. The van der Waals surface area contributed by atoms with Crippen LogP contribution in [0.15, 0.2) is 43.0 Å². The van der Waals surface area contributed by atoms with Crippen molar-refractivity contribution < 1.29 is 31.8 Å². The van der Waals surface area contributed by atoms with Crippen LogP contribution in [0, 0.1) is 29.1 Å². The molecule has 0 spiro atoms. The summed E-state index contributed by atoms with van der Waals surface area (Å²) >= 11 is 0. The molecule has 152 valence electrons. The Hall–Kier alpha value is -3.01. The second kappa shape index (κ2) is 6.80. The fraction of sp³-hybridized carbons (Fsp3) is 0.263. The molecule has 1 aromatic heterocycles. The third-order valence-corrected chi connectivity index (χ3v) is 4.95. The molecule has 0 amide bonds. The maximum Gasteiger partial charge on any atom is 0.191 e. The predicted octanol–water partition coefficient (Wildman–Crippen LogP) is 3.47. The second-order valence-electron chi connectivity index (χ2n) is 6.87. The van der Waals surface area contributed by atoms with E-state index >= 15 is 0 Å². The zero-order valence-corrected chi connectivity index (χ0v) is 14.7. The number of ether oxygens (including phenoxy) is 1. The lowest BCUT2D eigenvalue weighted by Gasteiger charge is -2.37. The number of aliphatic hydroxyl groups is 1. The van der Waals surface area contributed by atoms with Gasteiger partial charge in [-0.3, -0.25) is 0 Å². The summed E-state index contributed by atoms with van der Waals surface area (Å²) in [5.74, 6) is -6.59. The monoisotopic (exact) mass is 411 g/mol. The van der Waals surface area contributed by atoms with Crippen LogP contribution >= 0.6 is 0 Å². The maximum absolute atomic E-state index is 14.6. The molecule has 4 rings (SSSR count). The van der Waals surface area contributed by atoms with Gasteiger partial charge in [-0.2, -0.15) is 5.10 Å². The molecule has 0 radical (unpaired) electrons. The minimum atomic E-state index is -2.19. The fourth-order valence-electron chi connectivity index (χ4n) is 3.38. The van der Waals surface area contributed by atoms with Crippen molar-refractivity contribution in [3.63, 3.8) is 0 Å². The lowest BCUT2D eigenvalue weighted by atomic mass is 9.85. The molecule has 2 aromatic carbocycles. The van der Waals surface area contributed by atoms with E-state index < -0.39 is 46.0 Å². The van der Waals surface area contributed by atoms with Gasteiger partial charge in [-0.05, 0) is 18.9 Å². The highest BCUT2D eigenvalue weighted by molar-refractivity contribution is 5.35. The topological polar surface area (TPSA) is 60.2 Å². The van der Waals surface area contributed by atoms with Crippen molar-refractivity contribution in [3.8, 4) is 5.75 Å². The van der Waals surface area contributed by atoms with Crippen LogP contribution in [0.3, 0.4) is 0 Å². The predicted molar refractivity (Wildman–Crippen MR) is 89.2 cm³/mol. The largest absolute Gasteiger partial charge is 0.478 e. The summed E-state index contributed by atoms with van der Waals surface area (Å²) in [7, 11) is 0. The Labute approximate surface area is 161 Å². The summed E-state index contributed by atoms with van der Waals surface area (Å²) in [5.41, 5.74) is -4.18. The van der Waals surface area contributed by atoms with Gasteiger partial charge in [-0.1, -0.05) is 6.07 Å². The highest BCUT2D eigenvalue weighted by Crippen LogP contribution is 2.54. The van der Waals surface area contributed by atoms with Crippen LogP contribution in [0.4, 0.5) is 22.0 Å². The third kappa shape index (κ3) is 3.33. The van der Waals surface area contributed by atoms with Crippen LogP contribution in [0.2, 0.25) is 0 Å². The van der Waals surface area contributed by atoms with Crippen molar-refractivity contribution in [1.29, 1.82) is 0 Å². The Morgan fingerprint density at radius 3 is 2.21 bits per heavy atom. The Morgan fingerprint density at radius 2 is 1.66 bits per heavy atom. The van der Waals surface area contributed by atoms with Gasteiger partial charge in [0.05, 0.1) is 6.54 Å². The fourth-order valence-corrected chi connectivity index (χ4v) is 3.38. The van der Waals surface area contributed by atoms with Gasteiger partial charge >= 0.3 is 0 Å². The minimum absolute atomic E-state index is 0.102. The number of rotatable bonds is 6. The van der Waals surface area contributed by atoms with E-state index in [0.717, 1.165) is 12.1 Å². The molecule has 1 unspecified atom stereocenters. The molecule has 1 saturated carbocycles. The maximum atomic E-state index is 14.6. The molecular formula is C19H14F5N3O2. The van der Waals surface area contributed by atoms with Gasteiger partial charge in [0.2, 0.25) is 0 Å². The lowest BCUT2D eigenvalue weighted by Crippen LogP contribution is -2.49. The van der Waals surface area contributed by atoms with Crippen molar-refractivity contribution in [2.75, 3.05) is 0 Å². The van der Waals surface area contributed by atoms with E-state index in [1.165, 1.54) is 17.3 Å². The summed E-state index contributed by atoms with van der Waals surface area (Å²) in [4.78, 5) is 3.75. The smallest absolute Gasteiger partial charge is 0.191 e. The van der Waals surface area contributed by atoms with E-state index in [1.807, 2.05) is 0 Å². The molecule has 0 aliphatic heterocycles. The van der Waals surface area contributed by atoms with Crippen LogP contribution in [-0.4, -0.2) is 25.5 Å². The van der Waals surface area contributed by atoms with Gasteiger partial charge in [0.1, 0.15) is 35.7 Å². The van der Waals surface area contributed by atoms with E-state index in [1.54, 1.807) is 0 Å². The van der Waals surface area contributed by atoms with Crippen LogP contribution in [0.1, 0.15) is 18.4 Å². The number of benzene rings is 2. The second-order valence-corrected chi connectivity index (χ2v) is 6.87. The molecular weight excluding hydrogens is 397 g/mol. The van der Waals surface area contributed by atoms with Gasteiger partial charge in [0, 0.05) is 23.8 Å². The summed E-state index contributed by atoms with van der Waals surface area (Å²) < 4.78 is 76.1. The first kappa shape index (κ1) is 19.3. The Morgan fingerprint density at radius 1 is 1.00 bits per heavy atom. The minimum Gasteiger partial charge on any atom is -0.478 e. The van der Waals surface area contributed by atoms with Crippen LogP contribution < -0.4 is 4.74 Å². The number of nitrogens with zero attached hydrogens (tertiary/aromatic N) is 3. The third-order valence-electron chi connectivity index (χ3n) is 4.95. The average molecular weight is 411 g/mol. The standard InChI is InChI=1S/C19H14F5N3O2/c20-11-1-2-13(14(22)5-11)19(28,8-27-10-25-9-26-27)18(3-4-18)29-17-15(23)6-12(21)7-16(17)24/h1-2,5-7,9-10,28H,3-4,8H2. The van der Waals surface area contributed by atoms with E-state index in [9.17, 15) is 27.1 Å². The Bertz CT molecular complexity index is 1030. The summed E-state index contributed by atoms with van der Waals surface area (Å²) in [5, 5.41) is 15.4. The molecule has 3 aromatic rings. The quantitative estimate of drug-likeness (QED) is 0.631. The highest BCUT2D eigenvalue weighted by Gasteiger charge is 2.64. The van der Waals surface area contributed by atoms with Crippen LogP contribution in [0.5, 0.6) is 5.75 Å². The zero-order chi connectivity index (χ0) is 20.8. The normalized spacial score (nSPS) is 17.0. The number of aromatic nitrogens is 3. The SMILES string of the molecule is OC(Cn1cncn1)(c1ccc(F)cc1F)C1(Oc2c(F)cc(F)cc2F)CC1.